The molecule has 0 amide bonds. The molecule has 2 atom stereocenters. The van der Waals surface area contributed by atoms with E-state index < -0.39 is 23.3 Å². The van der Waals surface area contributed by atoms with Gasteiger partial charge in [-0.2, -0.15) is 0 Å². The first kappa shape index (κ1) is 31.0. The first-order valence-corrected chi connectivity index (χ1v) is 15.2. The van der Waals surface area contributed by atoms with Crippen LogP contribution >= 0.6 is 0 Å². The summed E-state index contributed by atoms with van der Waals surface area (Å²) >= 11 is 0. The Balaban J connectivity index is 1.40. The summed E-state index contributed by atoms with van der Waals surface area (Å²) in [5.74, 6) is -3.62. The molecule has 1 aliphatic heterocycles. The predicted octanol–water partition coefficient (Wildman–Crippen LogP) is 11.1. The largest absolute Gasteiger partial charge is 0.378 e. The van der Waals surface area contributed by atoms with E-state index in [1.54, 1.807) is 48.5 Å². The lowest BCUT2D eigenvalue weighted by Gasteiger charge is -2.30. The van der Waals surface area contributed by atoms with Gasteiger partial charge < -0.3 is 4.74 Å². The smallest absolute Gasteiger partial charge is 0.166 e. The quantitative estimate of drug-likeness (QED) is 0.114. The second-order valence-corrected chi connectivity index (χ2v) is 11.2. The normalized spacial score (nSPS) is 17.4. The van der Waals surface area contributed by atoms with Crippen LogP contribution in [-0.2, 0) is 11.2 Å². The number of rotatable bonds is 13. The molecule has 0 radical (unpaired) electrons. The zero-order chi connectivity index (χ0) is 29.2. The fourth-order valence-electron chi connectivity index (χ4n) is 5.77. The Labute approximate surface area is 242 Å². The van der Waals surface area contributed by atoms with Crippen molar-refractivity contribution in [2.24, 2.45) is 0 Å². The van der Waals surface area contributed by atoms with Crippen LogP contribution in [0, 0.1) is 23.3 Å². The molecular weight excluding hydrogens is 524 g/mol. The highest BCUT2D eigenvalue weighted by atomic mass is 19.2. The molecule has 0 bridgehead atoms. The van der Waals surface area contributed by atoms with Crippen LogP contribution in [0.15, 0.2) is 60.7 Å². The molecule has 4 rings (SSSR count). The monoisotopic (exact) mass is 566 g/mol. The number of aryl methyl sites for hydroxylation is 1. The topological polar surface area (TPSA) is 9.23 Å². The number of ether oxygens (including phenoxy) is 1. The van der Waals surface area contributed by atoms with E-state index in [4.69, 9.17) is 4.74 Å². The number of benzene rings is 3. The Kier molecular flexibility index (Phi) is 11.6. The Morgan fingerprint density at radius 3 is 2.02 bits per heavy atom. The van der Waals surface area contributed by atoms with Gasteiger partial charge in [0.1, 0.15) is 0 Å². The van der Waals surface area contributed by atoms with Crippen molar-refractivity contribution in [3.63, 3.8) is 0 Å². The van der Waals surface area contributed by atoms with E-state index in [-0.39, 0.29) is 23.1 Å². The maximum atomic E-state index is 15.3. The SMILES string of the molecule is C/C=C\CCCc1ccc(-c2ccc(-c3ccc(C4CCC(CCCCCCC)OC4)c(F)c3F)cc2)c(F)c1F. The molecule has 220 valence electrons. The predicted molar refractivity (Wildman–Crippen MR) is 160 cm³/mol. The summed E-state index contributed by atoms with van der Waals surface area (Å²) in [5, 5.41) is 0. The second-order valence-electron chi connectivity index (χ2n) is 11.2. The molecule has 0 aromatic heterocycles. The fraction of sp³-hybridized carbons (Fsp3) is 0.444. The molecule has 0 N–H and O–H groups in total. The molecule has 0 saturated carbocycles. The molecule has 1 aliphatic rings. The summed E-state index contributed by atoms with van der Waals surface area (Å²) in [7, 11) is 0. The maximum absolute atomic E-state index is 15.3. The minimum atomic E-state index is -0.896. The summed E-state index contributed by atoms with van der Waals surface area (Å²) in [6.07, 6.45) is 14.9. The van der Waals surface area contributed by atoms with Gasteiger partial charge in [0.15, 0.2) is 23.3 Å². The van der Waals surface area contributed by atoms with E-state index in [1.165, 1.54) is 25.7 Å². The lowest BCUT2D eigenvalue weighted by molar-refractivity contribution is -0.00283. The van der Waals surface area contributed by atoms with E-state index in [9.17, 15) is 8.78 Å². The summed E-state index contributed by atoms with van der Waals surface area (Å²) < 4.78 is 66.1. The molecule has 0 aliphatic carbocycles. The minimum absolute atomic E-state index is 0.141. The van der Waals surface area contributed by atoms with Crippen LogP contribution in [-0.4, -0.2) is 12.7 Å². The molecular formula is C36H42F4O. The summed E-state index contributed by atoms with van der Waals surface area (Å²) in [4.78, 5) is 0. The van der Waals surface area contributed by atoms with E-state index in [0.717, 1.165) is 38.5 Å². The van der Waals surface area contributed by atoms with Gasteiger partial charge in [0.2, 0.25) is 0 Å². The zero-order valence-corrected chi connectivity index (χ0v) is 24.3. The maximum Gasteiger partial charge on any atom is 0.166 e. The van der Waals surface area contributed by atoms with Gasteiger partial charge >= 0.3 is 0 Å². The van der Waals surface area contributed by atoms with Crippen molar-refractivity contribution < 1.29 is 22.3 Å². The number of hydrogen-bond acceptors (Lipinski definition) is 1. The summed E-state index contributed by atoms with van der Waals surface area (Å²) in [6, 6.07) is 12.9. The van der Waals surface area contributed by atoms with Gasteiger partial charge in [-0.15, -0.1) is 0 Å². The average Bonchev–Trinajstić information content (AvgIpc) is 2.99. The van der Waals surface area contributed by atoms with E-state index in [0.29, 0.717) is 35.3 Å². The number of allylic oxidation sites excluding steroid dienone is 2. The van der Waals surface area contributed by atoms with E-state index >= 15 is 8.78 Å². The number of unbranched alkanes of at least 4 members (excludes halogenated alkanes) is 5. The van der Waals surface area contributed by atoms with E-state index in [2.05, 4.69) is 6.92 Å². The molecule has 1 saturated heterocycles. The Bertz CT molecular complexity index is 1290. The second kappa shape index (κ2) is 15.3. The average molecular weight is 567 g/mol. The molecule has 2 unspecified atom stereocenters. The molecule has 0 spiro atoms. The van der Waals surface area contributed by atoms with Gasteiger partial charge in [-0.05, 0) is 67.7 Å². The highest BCUT2D eigenvalue weighted by Crippen LogP contribution is 2.36. The van der Waals surface area contributed by atoms with Crippen LogP contribution in [0.25, 0.3) is 22.3 Å². The third-order valence-corrected chi connectivity index (χ3v) is 8.27. The first-order chi connectivity index (χ1) is 19.9. The van der Waals surface area contributed by atoms with Crippen molar-refractivity contribution in [2.75, 3.05) is 6.61 Å². The van der Waals surface area contributed by atoms with Crippen molar-refractivity contribution >= 4 is 0 Å². The lowest BCUT2D eigenvalue weighted by Crippen LogP contribution is -2.25. The lowest BCUT2D eigenvalue weighted by atomic mass is 9.88. The number of hydrogen-bond donors (Lipinski definition) is 0. The Morgan fingerprint density at radius 1 is 0.732 bits per heavy atom. The fourth-order valence-corrected chi connectivity index (χ4v) is 5.77. The first-order valence-electron chi connectivity index (χ1n) is 15.2. The van der Waals surface area contributed by atoms with Gasteiger partial charge in [0.25, 0.3) is 0 Å². The van der Waals surface area contributed by atoms with Gasteiger partial charge in [0, 0.05) is 17.0 Å². The summed E-state index contributed by atoms with van der Waals surface area (Å²) in [6.45, 7) is 4.54. The van der Waals surface area contributed by atoms with Gasteiger partial charge in [-0.25, -0.2) is 17.6 Å². The van der Waals surface area contributed by atoms with Crippen LogP contribution in [0.2, 0.25) is 0 Å². The summed E-state index contributed by atoms with van der Waals surface area (Å²) in [5.41, 5.74) is 1.94. The molecule has 3 aromatic rings. The highest BCUT2D eigenvalue weighted by molar-refractivity contribution is 5.71. The molecule has 5 heteroatoms. The van der Waals surface area contributed by atoms with Crippen LogP contribution in [0.1, 0.15) is 95.1 Å². The van der Waals surface area contributed by atoms with Crippen LogP contribution in [0.5, 0.6) is 0 Å². The van der Waals surface area contributed by atoms with Crippen LogP contribution in [0.3, 0.4) is 0 Å². The number of halogens is 4. The minimum Gasteiger partial charge on any atom is -0.378 e. The standard InChI is InChI=1S/C36H42F4O/c1-3-5-7-9-11-13-29-20-18-28(24-41-29)32-23-22-31(35(39)36(32)40)26-16-14-25(15-17-26)30-21-19-27(33(37)34(30)38)12-10-8-6-4-2/h4,6,14-17,19,21-23,28-29H,3,5,7-13,18,20,24H2,1-2H3/b6-4-. The molecule has 1 nitrogen and oxygen atoms in total. The van der Waals surface area contributed by atoms with Crippen LogP contribution in [0.4, 0.5) is 17.6 Å². The third-order valence-electron chi connectivity index (χ3n) is 8.27. The molecule has 1 heterocycles. The van der Waals surface area contributed by atoms with Crippen molar-refractivity contribution in [1.82, 2.24) is 0 Å². The van der Waals surface area contributed by atoms with Crippen molar-refractivity contribution in [2.45, 2.75) is 96.5 Å². The van der Waals surface area contributed by atoms with Crippen molar-refractivity contribution in [3.8, 4) is 22.3 Å². The highest BCUT2D eigenvalue weighted by Gasteiger charge is 2.27. The zero-order valence-electron chi connectivity index (χ0n) is 24.3. The van der Waals surface area contributed by atoms with Crippen LogP contribution < -0.4 is 0 Å². The van der Waals surface area contributed by atoms with Gasteiger partial charge in [-0.3, -0.25) is 0 Å². The Hall–Kier alpha value is -2.92. The van der Waals surface area contributed by atoms with Gasteiger partial charge in [0.05, 0.1) is 12.7 Å². The van der Waals surface area contributed by atoms with Crippen molar-refractivity contribution in [3.05, 3.63) is 95.1 Å². The Morgan fingerprint density at radius 2 is 1.39 bits per heavy atom. The molecule has 41 heavy (non-hydrogen) atoms. The van der Waals surface area contributed by atoms with Crippen molar-refractivity contribution in [1.29, 1.82) is 0 Å². The molecule has 3 aromatic carbocycles. The van der Waals surface area contributed by atoms with Gasteiger partial charge in [-0.1, -0.05) is 99.7 Å². The van der Waals surface area contributed by atoms with E-state index in [1.807, 2.05) is 19.1 Å². The third kappa shape index (κ3) is 7.88. The molecule has 1 fully saturated rings.